The Hall–Kier alpha value is -4.79. The minimum Gasteiger partial charge on any atom is -0.467 e. The lowest BCUT2D eigenvalue weighted by molar-refractivity contribution is -0.141. The van der Waals surface area contributed by atoms with E-state index < -0.39 is 22.9 Å². The predicted octanol–water partition coefficient (Wildman–Crippen LogP) is 2.81. The smallest absolute Gasteiger partial charge is 0.328 e. The summed E-state index contributed by atoms with van der Waals surface area (Å²) >= 11 is 0. The first-order valence-corrected chi connectivity index (χ1v) is 12.1. The number of likely N-dealkylation sites (N-methyl/N-ethyl adjacent to an activating group) is 1. The second kappa shape index (κ2) is 12.0. The third-order valence-electron chi connectivity index (χ3n) is 6.24. The minimum absolute atomic E-state index is 0.113. The quantitative estimate of drug-likeness (QED) is 0.233. The number of nitrogens with one attached hydrogen (secondary N) is 2. The third kappa shape index (κ3) is 6.12. The molecule has 0 unspecified atom stereocenters. The zero-order valence-corrected chi connectivity index (χ0v) is 21.1. The number of amides is 1. The molecule has 0 aliphatic rings. The fraction of sp³-hybridized carbons (Fsp3) is 0.207. The number of esters is 1. The summed E-state index contributed by atoms with van der Waals surface area (Å²) in [5, 5.41) is 5.75. The molecule has 194 valence electrons. The molecule has 0 aliphatic heterocycles. The second-order valence-corrected chi connectivity index (χ2v) is 8.85. The summed E-state index contributed by atoms with van der Waals surface area (Å²) in [4.78, 5) is 55.4. The number of anilines is 3. The largest absolute Gasteiger partial charge is 0.467 e. The highest BCUT2D eigenvalue weighted by Crippen LogP contribution is 2.22. The Balaban J connectivity index is 1.43. The Bertz CT molecular complexity index is 1460. The Morgan fingerprint density at radius 1 is 0.921 bits per heavy atom. The SMILES string of the molecule is COC(=O)[C@H](Cc1ccc(NC(=O)c2ccncc2)cc1)Nc1c(N(C)CCc2ccccc2)c(=O)c1=O. The maximum atomic E-state index is 12.6. The van der Waals surface area contributed by atoms with Crippen LogP contribution in [0.15, 0.2) is 88.7 Å². The monoisotopic (exact) mass is 512 g/mol. The number of pyridine rings is 1. The lowest BCUT2D eigenvalue weighted by Gasteiger charge is -2.26. The van der Waals surface area contributed by atoms with Gasteiger partial charge >= 0.3 is 5.97 Å². The highest BCUT2D eigenvalue weighted by molar-refractivity contribution is 6.04. The van der Waals surface area contributed by atoms with Crippen LogP contribution in [0.4, 0.5) is 17.1 Å². The summed E-state index contributed by atoms with van der Waals surface area (Å²) in [6.07, 6.45) is 3.98. The van der Waals surface area contributed by atoms with Gasteiger partial charge in [-0.2, -0.15) is 0 Å². The molecule has 4 aromatic rings. The number of benzene rings is 2. The molecule has 1 aromatic heterocycles. The molecule has 4 rings (SSSR count). The molecule has 38 heavy (non-hydrogen) atoms. The van der Waals surface area contributed by atoms with Gasteiger partial charge in [-0.15, -0.1) is 0 Å². The minimum atomic E-state index is -0.887. The first kappa shape index (κ1) is 26.3. The van der Waals surface area contributed by atoms with E-state index in [9.17, 15) is 19.2 Å². The maximum absolute atomic E-state index is 12.6. The van der Waals surface area contributed by atoms with Crippen molar-refractivity contribution in [2.24, 2.45) is 0 Å². The van der Waals surface area contributed by atoms with Crippen molar-refractivity contribution in [3.63, 3.8) is 0 Å². The van der Waals surface area contributed by atoms with Crippen molar-refractivity contribution in [2.75, 3.05) is 36.2 Å². The van der Waals surface area contributed by atoms with E-state index in [0.717, 1.165) is 11.1 Å². The zero-order chi connectivity index (χ0) is 27.1. The average molecular weight is 513 g/mol. The Morgan fingerprint density at radius 3 is 2.26 bits per heavy atom. The molecule has 1 heterocycles. The fourth-order valence-corrected chi connectivity index (χ4v) is 4.11. The van der Waals surface area contributed by atoms with Crippen LogP contribution in [-0.2, 0) is 22.4 Å². The predicted molar refractivity (Wildman–Crippen MR) is 147 cm³/mol. The summed E-state index contributed by atoms with van der Waals surface area (Å²) in [6.45, 7) is 0.527. The van der Waals surface area contributed by atoms with Gasteiger partial charge < -0.3 is 20.3 Å². The fourth-order valence-electron chi connectivity index (χ4n) is 4.11. The van der Waals surface area contributed by atoms with Crippen molar-refractivity contribution in [1.29, 1.82) is 0 Å². The van der Waals surface area contributed by atoms with Crippen LogP contribution in [0.3, 0.4) is 0 Å². The van der Waals surface area contributed by atoms with Crippen molar-refractivity contribution < 1.29 is 14.3 Å². The number of hydrogen-bond donors (Lipinski definition) is 2. The van der Waals surface area contributed by atoms with Crippen molar-refractivity contribution in [1.82, 2.24) is 4.98 Å². The van der Waals surface area contributed by atoms with Gasteiger partial charge in [0.2, 0.25) is 0 Å². The maximum Gasteiger partial charge on any atom is 0.328 e. The number of nitrogens with zero attached hydrogens (tertiary/aromatic N) is 2. The van der Waals surface area contributed by atoms with Crippen molar-refractivity contribution in [2.45, 2.75) is 18.9 Å². The Labute approximate surface area is 219 Å². The molecule has 0 spiro atoms. The number of carbonyl (C=O) groups excluding carboxylic acids is 2. The summed E-state index contributed by atoms with van der Waals surface area (Å²) in [5.74, 6) is -0.829. The van der Waals surface area contributed by atoms with E-state index >= 15 is 0 Å². The van der Waals surface area contributed by atoms with Crippen LogP contribution in [0.2, 0.25) is 0 Å². The van der Waals surface area contributed by atoms with Crippen LogP contribution in [0.1, 0.15) is 21.5 Å². The van der Waals surface area contributed by atoms with Crippen LogP contribution in [0.25, 0.3) is 0 Å². The molecule has 9 nitrogen and oxygen atoms in total. The molecular weight excluding hydrogens is 484 g/mol. The zero-order valence-electron chi connectivity index (χ0n) is 21.1. The average Bonchev–Trinajstić information content (AvgIpc) is 2.96. The van der Waals surface area contributed by atoms with E-state index in [2.05, 4.69) is 15.6 Å². The summed E-state index contributed by atoms with van der Waals surface area (Å²) < 4.78 is 4.95. The second-order valence-electron chi connectivity index (χ2n) is 8.85. The number of ether oxygens (including phenoxy) is 1. The number of hydrogen-bond acceptors (Lipinski definition) is 8. The molecule has 0 saturated carbocycles. The molecule has 0 radical (unpaired) electrons. The van der Waals surface area contributed by atoms with E-state index in [1.54, 1.807) is 60.7 Å². The van der Waals surface area contributed by atoms with Crippen molar-refractivity contribution >= 4 is 28.9 Å². The van der Waals surface area contributed by atoms with Crippen molar-refractivity contribution in [3.8, 4) is 0 Å². The number of aromatic nitrogens is 1. The Kier molecular flexibility index (Phi) is 8.27. The Morgan fingerprint density at radius 2 is 1.61 bits per heavy atom. The molecule has 1 atom stereocenters. The van der Waals surface area contributed by atoms with Gasteiger partial charge in [0.1, 0.15) is 17.4 Å². The molecule has 0 bridgehead atoms. The molecule has 2 N–H and O–H groups in total. The van der Waals surface area contributed by atoms with Crippen LogP contribution < -0.4 is 26.4 Å². The summed E-state index contributed by atoms with van der Waals surface area (Å²) in [6, 6.07) is 19.2. The van der Waals surface area contributed by atoms with Gasteiger partial charge in [0, 0.05) is 43.7 Å². The van der Waals surface area contributed by atoms with Gasteiger partial charge in [-0.05, 0) is 41.8 Å². The first-order chi connectivity index (χ1) is 18.4. The van der Waals surface area contributed by atoms with Crippen LogP contribution in [-0.4, -0.2) is 43.6 Å². The van der Waals surface area contributed by atoms with Crippen LogP contribution in [0.5, 0.6) is 0 Å². The van der Waals surface area contributed by atoms with E-state index in [-0.39, 0.29) is 23.7 Å². The van der Waals surface area contributed by atoms with E-state index in [4.69, 9.17) is 4.74 Å². The van der Waals surface area contributed by atoms with E-state index in [0.29, 0.717) is 24.2 Å². The molecule has 0 fully saturated rings. The van der Waals surface area contributed by atoms with Gasteiger partial charge in [-0.1, -0.05) is 42.5 Å². The highest BCUT2D eigenvalue weighted by atomic mass is 16.5. The lowest BCUT2D eigenvalue weighted by Crippen LogP contribution is -2.45. The molecule has 0 aliphatic carbocycles. The van der Waals surface area contributed by atoms with Gasteiger partial charge in [0.15, 0.2) is 0 Å². The topological polar surface area (TPSA) is 118 Å². The number of methoxy groups -OCH3 is 1. The number of rotatable bonds is 11. The summed E-state index contributed by atoms with van der Waals surface area (Å²) in [5.41, 5.74) is 2.08. The molecule has 1 amide bonds. The molecule has 0 saturated heterocycles. The van der Waals surface area contributed by atoms with Crippen molar-refractivity contribution in [3.05, 3.63) is 116 Å². The third-order valence-corrected chi connectivity index (χ3v) is 6.24. The highest BCUT2D eigenvalue weighted by Gasteiger charge is 2.29. The van der Waals surface area contributed by atoms with Gasteiger partial charge in [-0.3, -0.25) is 19.4 Å². The lowest BCUT2D eigenvalue weighted by atomic mass is 10.0. The number of carbonyl (C=O) groups is 2. The van der Waals surface area contributed by atoms with E-state index in [1.165, 1.54) is 7.11 Å². The summed E-state index contributed by atoms with van der Waals surface area (Å²) in [7, 11) is 3.01. The van der Waals surface area contributed by atoms with Gasteiger partial charge in [0.25, 0.3) is 16.8 Å². The first-order valence-electron chi connectivity index (χ1n) is 12.1. The van der Waals surface area contributed by atoms with Gasteiger partial charge in [-0.25, -0.2) is 4.79 Å². The standard InChI is InChI=1S/C29H28N4O5/c1-33(17-14-19-6-4-3-5-7-19)25-24(26(34)27(25)35)32-23(29(37)38-2)18-20-8-10-22(11-9-20)31-28(36)21-12-15-30-16-13-21/h3-13,15-16,23,32H,14,17-18H2,1-2H3,(H,31,36)/t23-/m0/s1. The molecule has 3 aromatic carbocycles. The molecule has 9 heteroatoms. The van der Waals surface area contributed by atoms with E-state index in [1.807, 2.05) is 30.3 Å². The van der Waals surface area contributed by atoms with Crippen LogP contribution in [0, 0.1) is 0 Å². The normalized spacial score (nSPS) is 11.5. The molecular formula is C29H28N4O5. The van der Waals surface area contributed by atoms with Gasteiger partial charge in [0.05, 0.1) is 7.11 Å². The van der Waals surface area contributed by atoms with Crippen LogP contribution >= 0.6 is 0 Å².